The molecule has 2 rings (SSSR count). The minimum absolute atomic E-state index is 0.121. The van der Waals surface area contributed by atoms with Crippen LogP contribution in [-0.2, 0) is 4.79 Å². The fraction of sp³-hybridized carbons (Fsp3) is 0.562. The summed E-state index contributed by atoms with van der Waals surface area (Å²) in [4.78, 5) is 11.8. The van der Waals surface area contributed by atoms with Crippen molar-refractivity contribution >= 4 is 17.5 Å². The molecule has 1 atom stereocenters. The van der Waals surface area contributed by atoms with Gasteiger partial charge in [0.05, 0.1) is 0 Å². The molecule has 1 amide bonds. The molecule has 0 aromatic heterocycles. The number of carbonyl (C=O) groups is 1. The van der Waals surface area contributed by atoms with Crippen molar-refractivity contribution in [1.82, 2.24) is 5.32 Å². The molecule has 1 fully saturated rings. The molecule has 0 bridgehead atoms. The van der Waals surface area contributed by atoms with Crippen LogP contribution in [0.15, 0.2) is 24.3 Å². The Morgan fingerprint density at radius 3 is 2.74 bits per heavy atom. The van der Waals surface area contributed by atoms with Crippen LogP contribution in [0.25, 0.3) is 0 Å². The minimum Gasteiger partial charge on any atom is -0.359 e. The second-order valence-corrected chi connectivity index (χ2v) is 5.87. The fourth-order valence-corrected chi connectivity index (χ4v) is 3.33. The first-order valence-electron chi connectivity index (χ1n) is 7.16. The molecule has 0 aliphatic heterocycles. The molecule has 0 saturated heterocycles. The lowest BCUT2D eigenvalue weighted by molar-refractivity contribution is -0.121. The van der Waals surface area contributed by atoms with Gasteiger partial charge in [0.1, 0.15) is 0 Å². The SMILES string of the molecule is CNC(=O)CC(c1cccc(Cl)c1)C1CCCCC1. The monoisotopic (exact) mass is 279 g/mol. The summed E-state index contributed by atoms with van der Waals surface area (Å²) in [6.45, 7) is 0. The third-order valence-corrected chi connectivity index (χ3v) is 4.41. The van der Waals surface area contributed by atoms with Crippen molar-refractivity contribution in [2.45, 2.75) is 44.4 Å². The molecule has 1 saturated carbocycles. The number of nitrogens with one attached hydrogen (secondary N) is 1. The standard InChI is InChI=1S/C16H22ClNO/c1-18-16(19)11-15(12-6-3-2-4-7-12)13-8-5-9-14(17)10-13/h5,8-10,12,15H,2-4,6-7,11H2,1H3,(H,18,19). The molecule has 2 nitrogen and oxygen atoms in total. The van der Waals surface area contributed by atoms with Gasteiger partial charge < -0.3 is 5.32 Å². The maximum Gasteiger partial charge on any atom is 0.220 e. The smallest absolute Gasteiger partial charge is 0.220 e. The molecule has 3 heteroatoms. The third-order valence-electron chi connectivity index (χ3n) is 4.18. The van der Waals surface area contributed by atoms with Gasteiger partial charge in [0.25, 0.3) is 0 Å². The quantitative estimate of drug-likeness (QED) is 0.882. The van der Waals surface area contributed by atoms with E-state index >= 15 is 0 Å². The number of hydrogen-bond acceptors (Lipinski definition) is 1. The topological polar surface area (TPSA) is 29.1 Å². The van der Waals surface area contributed by atoms with Gasteiger partial charge in [-0.05, 0) is 42.4 Å². The summed E-state index contributed by atoms with van der Waals surface area (Å²) in [6.07, 6.45) is 6.94. The summed E-state index contributed by atoms with van der Waals surface area (Å²) < 4.78 is 0. The van der Waals surface area contributed by atoms with E-state index in [4.69, 9.17) is 11.6 Å². The van der Waals surface area contributed by atoms with E-state index in [2.05, 4.69) is 11.4 Å². The zero-order valence-corrected chi connectivity index (χ0v) is 12.2. The van der Waals surface area contributed by atoms with Crippen molar-refractivity contribution in [1.29, 1.82) is 0 Å². The van der Waals surface area contributed by atoms with Gasteiger partial charge in [-0.2, -0.15) is 0 Å². The van der Waals surface area contributed by atoms with Gasteiger partial charge in [-0.25, -0.2) is 0 Å². The minimum atomic E-state index is 0.121. The molecule has 1 aliphatic carbocycles. The van der Waals surface area contributed by atoms with Gasteiger partial charge in [0, 0.05) is 18.5 Å². The largest absolute Gasteiger partial charge is 0.359 e. The first kappa shape index (κ1) is 14.4. The van der Waals surface area contributed by atoms with Gasteiger partial charge >= 0.3 is 0 Å². The first-order chi connectivity index (χ1) is 9.20. The molecule has 1 N–H and O–H groups in total. The van der Waals surface area contributed by atoms with Crippen molar-refractivity contribution < 1.29 is 4.79 Å². The summed E-state index contributed by atoms with van der Waals surface area (Å²) >= 11 is 6.10. The molecule has 19 heavy (non-hydrogen) atoms. The zero-order chi connectivity index (χ0) is 13.7. The summed E-state index contributed by atoms with van der Waals surface area (Å²) in [5.41, 5.74) is 1.21. The Morgan fingerprint density at radius 2 is 2.11 bits per heavy atom. The van der Waals surface area contributed by atoms with Crippen LogP contribution < -0.4 is 5.32 Å². The Kier molecular flexibility index (Phi) is 5.26. The van der Waals surface area contributed by atoms with Crippen LogP contribution >= 0.6 is 11.6 Å². The number of hydrogen-bond donors (Lipinski definition) is 1. The Bertz CT molecular complexity index is 427. The van der Waals surface area contributed by atoms with Gasteiger partial charge in [-0.3, -0.25) is 4.79 Å². The first-order valence-corrected chi connectivity index (χ1v) is 7.54. The van der Waals surface area contributed by atoms with Crippen LogP contribution in [0.2, 0.25) is 5.02 Å². The van der Waals surface area contributed by atoms with Crippen LogP contribution in [-0.4, -0.2) is 13.0 Å². The molecule has 1 aromatic rings. The van der Waals surface area contributed by atoms with Crippen molar-refractivity contribution in [2.24, 2.45) is 5.92 Å². The second-order valence-electron chi connectivity index (χ2n) is 5.44. The van der Waals surface area contributed by atoms with Crippen molar-refractivity contribution in [3.8, 4) is 0 Å². The van der Waals surface area contributed by atoms with E-state index in [0.717, 1.165) is 5.02 Å². The van der Waals surface area contributed by atoms with Gasteiger partial charge in [0.15, 0.2) is 0 Å². The van der Waals surface area contributed by atoms with E-state index in [0.29, 0.717) is 18.3 Å². The van der Waals surface area contributed by atoms with E-state index in [1.165, 1.54) is 37.7 Å². The molecule has 104 valence electrons. The molecular formula is C16H22ClNO. The number of benzene rings is 1. The Labute approximate surface area is 120 Å². The van der Waals surface area contributed by atoms with Gasteiger partial charge in [-0.1, -0.05) is 43.0 Å². The van der Waals surface area contributed by atoms with E-state index in [9.17, 15) is 4.79 Å². The van der Waals surface area contributed by atoms with Crippen molar-refractivity contribution in [3.63, 3.8) is 0 Å². The van der Waals surface area contributed by atoms with Crippen LogP contribution in [0.1, 0.15) is 50.0 Å². The molecule has 1 unspecified atom stereocenters. The van der Waals surface area contributed by atoms with E-state index in [1.54, 1.807) is 7.05 Å². The lowest BCUT2D eigenvalue weighted by atomic mass is 9.75. The molecule has 0 heterocycles. The third kappa shape index (κ3) is 3.97. The number of rotatable bonds is 4. The Balaban J connectivity index is 2.19. The highest BCUT2D eigenvalue weighted by molar-refractivity contribution is 6.30. The fourth-order valence-electron chi connectivity index (χ4n) is 3.13. The van der Waals surface area contributed by atoms with Gasteiger partial charge in [0.2, 0.25) is 5.91 Å². The Morgan fingerprint density at radius 1 is 1.37 bits per heavy atom. The summed E-state index contributed by atoms with van der Waals surface area (Å²) in [7, 11) is 1.71. The molecule has 0 spiro atoms. The second kappa shape index (κ2) is 6.95. The van der Waals surface area contributed by atoms with E-state index < -0.39 is 0 Å². The number of carbonyl (C=O) groups excluding carboxylic acids is 1. The average Bonchev–Trinajstić information content (AvgIpc) is 2.45. The van der Waals surface area contributed by atoms with E-state index in [1.807, 2.05) is 18.2 Å². The summed E-state index contributed by atoms with van der Waals surface area (Å²) in [5.74, 6) is 1.04. The summed E-state index contributed by atoms with van der Waals surface area (Å²) in [6, 6.07) is 8.00. The van der Waals surface area contributed by atoms with Crippen LogP contribution in [0.4, 0.5) is 0 Å². The van der Waals surface area contributed by atoms with Crippen LogP contribution in [0.3, 0.4) is 0 Å². The highest BCUT2D eigenvalue weighted by Crippen LogP contribution is 2.38. The highest BCUT2D eigenvalue weighted by atomic mass is 35.5. The maximum atomic E-state index is 11.8. The zero-order valence-electron chi connectivity index (χ0n) is 11.5. The molecule has 1 aromatic carbocycles. The molecule has 0 radical (unpaired) electrons. The van der Waals surface area contributed by atoms with E-state index in [-0.39, 0.29) is 5.91 Å². The molecular weight excluding hydrogens is 258 g/mol. The number of halogens is 1. The lowest BCUT2D eigenvalue weighted by Gasteiger charge is -2.30. The molecule has 1 aliphatic rings. The summed E-state index contributed by atoms with van der Waals surface area (Å²) in [5, 5.41) is 3.51. The average molecular weight is 280 g/mol. The van der Waals surface area contributed by atoms with Crippen LogP contribution in [0.5, 0.6) is 0 Å². The predicted octanol–water partition coefficient (Wildman–Crippen LogP) is 4.14. The normalized spacial score (nSPS) is 18.0. The maximum absolute atomic E-state index is 11.8. The van der Waals surface area contributed by atoms with Crippen molar-refractivity contribution in [2.75, 3.05) is 7.05 Å². The van der Waals surface area contributed by atoms with Crippen LogP contribution in [0, 0.1) is 5.92 Å². The highest BCUT2D eigenvalue weighted by Gasteiger charge is 2.26. The lowest BCUT2D eigenvalue weighted by Crippen LogP contribution is -2.25. The predicted molar refractivity (Wildman–Crippen MR) is 79.5 cm³/mol. The number of amides is 1. The van der Waals surface area contributed by atoms with Gasteiger partial charge in [-0.15, -0.1) is 0 Å². The van der Waals surface area contributed by atoms with Crippen molar-refractivity contribution in [3.05, 3.63) is 34.9 Å². The Hall–Kier alpha value is -1.02.